The summed E-state index contributed by atoms with van der Waals surface area (Å²) in [5.41, 5.74) is 0.979. The van der Waals surface area contributed by atoms with E-state index >= 15 is 0 Å². The van der Waals surface area contributed by atoms with Gasteiger partial charge in [0.25, 0.3) is 0 Å². The third-order valence-corrected chi connectivity index (χ3v) is 4.12. The Bertz CT molecular complexity index is 531. The number of carbonyl (C=O) groups excluding carboxylic acids is 1. The van der Waals surface area contributed by atoms with Gasteiger partial charge in [-0.1, -0.05) is 11.6 Å². The summed E-state index contributed by atoms with van der Waals surface area (Å²) in [5.74, 6) is 0.804. The minimum atomic E-state index is 0.00422. The maximum Gasteiger partial charge on any atom is 0.317 e. The number of hydrogen-bond acceptors (Lipinski definition) is 4. The Hall–Kier alpha value is -1.66. The molecule has 0 aliphatic carbocycles. The fraction of sp³-hybridized carbons (Fsp3) is 0.562. The molecule has 6 nitrogen and oxygen atoms in total. The number of urea groups is 1. The van der Waals surface area contributed by atoms with Crippen LogP contribution in [0.3, 0.4) is 0 Å². The van der Waals surface area contributed by atoms with E-state index < -0.39 is 0 Å². The number of halogens is 1. The predicted octanol–water partition coefficient (Wildman–Crippen LogP) is 1.74. The first-order chi connectivity index (χ1) is 11.0. The number of nitrogens with one attached hydrogen (secondary N) is 1. The first-order valence-corrected chi connectivity index (χ1v) is 8.15. The summed E-state index contributed by atoms with van der Waals surface area (Å²) in [4.78, 5) is 18.2. The summed E-state index contributed by atoms with van der Waals surface area (Å²) in [6, 6.07) is 5.60. The average Bonchev–Trinajstić information content (AvgIpc) is 2.54. The number of rotatable bonds is 5. The van der Waals surface area contributed by atoms with E-state index in [1.165, 1.54) is 0 Å². The van der Waals surface area contributed by atoms with Crippen LogP contribution in [0.2, 0.25) is 5.02 Å². The van der Waals surface area contributed by atoms with Gasteiger partial charge in [-0.15, -0.1) is 0 Å². The molecule has 0 atom stereocenters. The average molecular weight is 341 g/mol. The SMILES string of the molecule is COc1ccc(Cl)cc1N1CCN(C(=O)NCCN(C)C)CC1. The summed E-state index contributed by atoms with van der Waals surface area (Å²) in [5, 5.41) is 3.64. The first kappa shape index (κ1) is 17.7. The van der Waals surface area contributed by atoms with Crippen molar-refractivity contribution in [3.63, 3.8) is 0 Å². The van der Waals surface area contributed by atoms with Crippen molar-refractivity contribution in [2.24, 2.45) is 0 Å². The quantitative estimate of drug-likeness (QED) is 0.887. The number of anilines is 1. The molecule has 7 heteroatoms. The summed E-state index contributed by atoms with van der Waals surface area (Å²) in [7, 11) is 5.63. The van der Waals surface area contributed by atoms with Gasteiger partial charge in [-0.05, 0) is 32.3 Å². The number of amides is 2. The van der Waals surface area contributed by atoms with E-state index in [0.717, 1.165) is 31.1 Å². The van der Waals surface area contributed by atoms with Crippen LogP contribution in [0.5, 0.6) is 5.75 Å². The maximum absolute atomic E-state index is 12.1. The number of ether oxygens (including phenoxy) is 1. The number of carbonyl (C=O) groups is 1. The zero-order valence-electron chi connectivity index (χ0n) is 14.0. The van der Waals surface area contributed by atoms with Gasteiger partial charge in [-0.2, -0.15) is 0 Å². The second-order valence-corrected chi connectivity index (χ2v) is 6.26. The summed E-state index contributed by atoms with van der Waals surface area (Å²) < 4.78 is 5.41. The molecular weight excluding hydrogens is 316 g/mol. The van der Waals surface area contributed by atoms with E-state index in [1.807, 2.05) is 42.1 Å². The first-order valence-electron chi connectivity index (χ1n) is 7.77. The fourth-order valence-electron chi connectivity index (χ4n) is 2.56. The molecule has 1 aliphatic rings. The van der Waals surface area contributed by atoms with Crippen LogP contribution in [-0.2, 0) is 0 Å². The monoisotopic (exact) mass is 340 g/mol. The van der Waals surface area contributed by atoms with Gasteiger partial charge in [0, 0.05) is 44.3 Å². The van der Waals surface area contributed by atoms with E-state index in [1.54, 1.807) is 7.11 Å². The highest BCUT2D eigenvalue weighted by Crippen LogP contribution is 2.31. The Balaban J connectivity index is 1.88. The third kappa shape index (κ3) is 4.91. The standard InChI is InChI=1S/C16H25ClN4O2/c1-19(2)7-6-18-16(22)21-10-8-20(9-11-21)14-12-13(17)4-5-15(14)23-3/h4-5,12H,6-11H2,1-3H3,(H,18,22). The molecule has 0 aromatic heterocycles. The predicted molar refractivity (Wildman–Crippen MR) is 93.7 cm³/mol. The molecule has 1 fully saturated rings. The molecule has 128 valence electrons. The van der Waals surface area contributed by atoms with Crippen LogP contribution in [0.4, 0.5) is 10.5 Å². The molecule has 2 amide bonds. The van der Waals surface area contributed by atoms with Crippen molar-refractivity contribution in [3.8, 4) is 5.75 Å². The summed E-state index contributed by atoms with van der Waals surface area (Å²) >= 11 is 6.09. The molecule has 0 bridgehead atoms. The number of benzene rings is 1. The van der Waals surface area contributed by atoms with Gasteiger partial charge in [0.2, 0.25) is 0 Å². The van der Waals surface area contributed by atoms with Crippen LogP contribution in [0, 0.1) is 0 Å². The Morgan fingerprint density at radius 1 is 1.30 bits per heavy atom. The minimum absolute atomic E-state index is 0.00422. The summed E-state index contributed by atoms with van der Waals surface area (Å²) in [6.07, 6.45) is 0. The third-order valence-electron chi connectivity index (χ3n) is 3.88. The zero-order valence-corrected chi connectivity index (χ0v) is 14.8. The van der Waals surface area contributed by atoms with Crippen LogP contribution in [0.15, 0.2) is 18.2 Å². The highest BCUT2D eigenvalue weighted by atomic mass is 35.5. The molecule has 0 saturated carbocycles. The van der Waals surface area contributed by atoms with Crippen LogP contribution >= 0.6 is 11.6 Å². The van der Waals surface area contributed by atoms with Crippen molar-refractivity contribution in [3.05, 3.63) is 23.2 Å². The molecule has 23 heavy (non-hydrogen) atoms. The van der Waals surface area contributed by atoms with Gasteiger partial charge in [-0.3, -0.25) is 0 Å². The van der Waals surface area contributed by atoms with Gasteiger partial charge >= 0.3 is 6.03 Å². The highest BCUT2D eigenvalue weighted by molar-refractivity contribution is 6.30. The van der Waals surface area contributed by atoms with Crippen LogP contribution < -0.4 is 15.0 Å². The second-order valence-electron chi connectivity index (χ2n) is 5.83. The molecule has 1 aromatic rings. The number of nitrogens with zero attached hydrogens (tertiary/aromatic N) is 3. The number of likely N-dealkylation sites (N-methyl/N-ethyl adjacent to an activating group) is 1. The lowest BCUT2D eigenvalue weighted by Crippen LogP contribution is -2.52. The van der Waals surface area contributed by atoms with Crippen LogP contribution in [0.1, 0.15) is 0 Å². The van der Waals surface area contributed by atoms with Crippen molar-refractivity contribution in [2.45, 2.75) is 0 Å². The lowest BCUT2D eigenvalue weighted by molar-refractivity contribution is 0.193. The molecule has 1 aliphatic heterocycles. The summed E-state index contributed by atoms with van der Waals surface area (Å²) in [6.45, 7) is 4.39. The molecule has 1 saturated heterocycles. The number of piperazine rings is 1. The zero-order chi connectivity index (χ0) is 16.8. The largest absolute Gasteiger partial charge is 0.495 e. The van der Waals surface area contributed by atoms with Crippen molar-refractivity contribution in [1.29, 1.82) is 0 Å². The molecule has 1 aromatic carbocycles. The molecule has 0 radical (unpaired) electrons. The smallest absolute Gasteiger partial charge is 0.317 e. The lowest BCUT2D eigenvalue weighted by Gasteiger charge is -2.36. The Morgan fingerprint density at radius 2 is 2.00 bits per heavy atom. The normalized spacial score (nSPS) is 15.0. The van der Waals surface area contributed by atoms with Gasteiger partial charge in [0.05, 0.1) is 12.8 Å². The lowest BCUT2D eigenvalue weighted by atomic mass is 10.2. The fourth-order valence-corrected chi connectivity index (χ4v) is 2.73. The Labute approximate surface area is 142 Å². The Kier molecular flexibility index (Phi) is 6.36. The molecule has 1 heterocycles. The van der Waals surface area contributed by atoms with E-state index in [-0.39, 0.29) is 6.03 Å². The van der Waals surface area contributed by atoms with Crippen molar-refractivity contribution >= 4 is 23.3 Å². The number of hydrogen-bond donors (Lipinski definition) is 1. The van der Waals surface area contributed by atoms with Crippen LogP contribution in [-0.4, -0.2) is 76.3 Å². The highest BCUT2D eigenvalue weighted by Gasteiger charge is 2.22. The molecule has 1 N–H and O–H groups in total. The second kappa shape index (κ2) is 8.26. The molecule has 0 spiro atoms. The van der Waals surface area contributed by atoms with E-state index in [2.05, 4.69) is 10.2 Å². The van der Waals surface area contributed by atoms with Gasteiger partial charge in [0.15, 0.2) is 0 Å². The molecular formula is C16H25ClN4O2. The van der Waals surface area contributed by atoms with Crippen LogP contribution in [0.25, 0.3) is 0 Å². The van der Waals surface area contributed by atoms with E-state index in [0.29, 0.717) is 24.7 Å². The Morgan fingerprint density at radius 3 is 2.61 bits per heavy atom. The maximum atomic E-state index is 12.1. The van der Waals surface area contributed by atoms with Gasteiger partial charge in [0.1, 0.15) is 5.75 Å². The van der Waals surface area contributed by atoms with Crippen molar-refractivity contribution in [2.75, 3.05) is 65.4 Å². The van der Waals surface area contributed by atoms with E-state index in [9.17, 15) is 4.79 Å². The molecule has 0 unspecified atom stereocenters. The van der Waals surface area contributed by atoms with Crippen molar-refractivity contribution < 1.29 is 9.53 Å². The molecule has 2 rings (SSSR count). The van der Waals surface area contributed by atoms with Crippen molar-refractivity contribution in [1.82, 2.24) is 15.1 Å². The minimum Gasteiger partial charge on any atom is -0.495 e. The number of methoxy groups -OCH3 is 1. The van der Waals surface area contributed by atoms with E-state index in [4.69, 9.17) is 16.3 Å². The van der Waals surface area contributed by atoms with Gasteiger partial charge < -0.3 is 24.8 Å². The van der Waals surface area contributed by atoms with Gasteiger partial charge in [-0.25, -0.2) is 4.79 Å². The topological polar surface area (TPSA) is 48.1 Å².